The van der Waals surface area contributed by atoms with Crippen molar-refractivity contribution in [3.05, 3.63) is 0 Å². The minimum atomic E-state index is 0.567. The Balaban J connectivity index is 1.61. The van der Waals surface area contributed by atoms with E-state index in [2.05, 4.69) is 24.1 Å². The van der Waals surface area contributed by atoms with Crippen molar-refractivity contribution in [2.45, 2.75) is 65.2 Å². The fourth-order valence-corrected chi connectivity index (χ4v) is 4.53. The molecule has 2 nitrogen and oxygen atoms in total. The van der Waals surface area contributed by atoms with E-state index in [9.17, 15) is 0 Å². The molecule has 0 aromatic heterocycles. The minimum absolute atomic E-state index is 0.567. The van der Waals surface area contributed by atoms with E-state index in [-0.39, 0.29) is 0 Å². The standard InChI is InChI=1S/C19H36N2/c1-3-20-14-19(10-4-5-16(2)11-19)15-21(12-17-6-7-17)13-18-8-9-18/h16-18,20H,3-15H2,1-2H3. The molecule has 0 amide bonds. The Morgan fingerprint density at radius 3 is 2.24 bits per heavy atom. The van der Waals surface area contributed by atoms with Crippen LogP contribution in [0, 0.1) is 23.2 Å². The summed E-state index contributed by atoms with van der Waals surface area (Å²) in [7, 11) is 0. The molecule has 1 N–H and O–H groups in total. The smallest absolute Gasteiger partial charge is 0.00505 e. The molecule has 2 unspecified atom stereocenters. The first kappa shape index (κ1) is 15.8. The van der Waals surface area contributed by atoms with Crippen LogP contribution in [0.5, 0.6) is 0 Å². The lowest BCUT2D eigenvalue weighted by atomic mass is 9.69. The highest BCUT2D eigenvalue weighted by molar-refractivity contribution is 4.92. The number of nitrogens with zero attached hydrogens (tertiary/aromatic N) is 1. The second-order valence-electron chi connectivity index (χ2n) is 8.56. The molecule has 0 saturated heterocycles. The third-order valence-electron chi connectivity index (χ3n) is 5.92. The van der Waals surface area contributed by atoms with E-state index in [1.807, 2.05) is 0 Å². The van der Waals surface area contributed by atoms with Gasteiger partial charge in [0.1, 0.15) is 0 Å². The molecule has 0 heterocycles. The van der Waals surface area contributed by atoms with Crippen molar-refractivity contribution in [2.75, 3.05) is 32.7 Å². The maximum absolute atomic E-state index is 3.70. The Morgan fingerprint density at radius 1 is 1.05 bits per heavy atom. The van der Waals surface area contributed by atoms with Crippen LogP contribution in [0.3, 0.4) is 0 Å². The van der Waals surface area contributed by atoms with E-state index in [1.54, 1.807) is 0 Å². The molecule has 0 aliphatic heterocycles. The van der Waals surface area contributed by atoms with Gasteiger partial charge in [0.2, 0.25) is 0 Å². The summed E-state index contributed by atoms with van der Waals surface area (Å²) >= 11 is 0. The summed E-state index contributed by atoms with van der Waals surface area (Å²) in [6.45, 7) is 11.3. The lowest BCUT2D eigenvalue weighted by Crippen LogP contribution is -2.47. The predicted octanol–water partition coefficient (Wildman–Crippen LogP) is 3.91. The van der Waals surface area contributed by atoms with Crippen LogP contribution in [-0.4, -0.2) is 37.6 Å². The van der Waals surface area contributed by atoms with Crippen LogP contribution in [-0.2, 0) is 0 Å². The van der Waals surface area contributed by atoms with E-state index in [1.165, 1.54) is 77.5 Å². The first-order valence-corrected chi connectivity index (χ1v) is 9.62. The molecule has 3 fully saturated rings. The van der Waals surface area contributed by atoms with E-state index in [0.717, 1.165) is 24.3 Å². The zero-order chi connectivity index (χ0) is 14.7. The summed E-state index contributed by atoms with van der Waals surface area (Å²) in [6.07, 6.45) is 11.8. The molecule has 3 aliphatic carbocycles. The van der Waals surface area contributed by atoms with E-state index in [0.29, 0.717) is 5.41 Å². The van der Waals surface area contributed by atoms with Gasteiger partial charge in [0.15, 0.2) is 0 Å². The Bertz CT molecular complexity index is 308. The first-order chi connectivity index (χ1) is 10.2. The summed E-state index contributed by atoms with van der Waals surface area (Å²) in [6, 6.07) is 0. The van der Waals surface area contributed by atoms with Gasteiger partial charge in [0, 0.05) is 26.2 Å². The van der Waals surface area contributed by atoms with Crippen LogP contribution in [0.2, 0.25) is 0 Å². The average molecular weight is 293 g/mol. The minimum Gasteiger partial charge on any atom is -0.316 e. The lowest BCUT2D eigenvalue weighted by molar-refractivity contribution is 0.0755. The molecule has 122 valence electrons. The zero-order valence-corrected chi connectivity index (χ0v) is 14.4. The lowest BCUT2D eigenvalue weighted by Gasteiger charge is -2.44. The maximum atomic E-state index is 3.70. The van der Waals surface area contributed by atoms with Crippen molar-refractivity contribution < 1.29 is 0 Å². The highest BCUT2D eigenvalue weighted by atomic mass is 15.1. The Morgan fingerprint density at radius 2 is 1.71 bits per heavy atom. The van der Waals surface area contributed by atoms with Gasteiger partial charge in [-0.15, -0.1) is 0 Å². The molecular formula is C19H36N2. The van der Waals surface area contributed by atoms with E-state index < -0.39 is 0 Å². The predicted molar refractivity (Wildman–Crippen MR) is 90.5 cm³/mol. The second kappa shape index (κ2) is 7.00. The fourth-order valence-electron chi connectivity index (χ4n) is 4.53. The van der Waals surface area contributed by atoms with Gasteiger partial charge in [-0.05, 0) is 68.2 Å². The number of nitrogens with one attached hydrogen (secondary N) is 1. The van der Waals surface area contributed by atoms with Crippen LogP contribution in [0.4, 0.5) is 0 Å². The molecule has 21 heavy (non-hydrogen) atoms. The van der Waals surface area contributed by atoms with Crippen molar-refractivity contribution in [3.63, 3.8) is 0 Å². The number of hydrogen-bond donors (Lipinski definition) is 1. The monoisotopic (exact) mass is 292 g/mol. The van der Waals surface area contributed by atoms with Gasteiger partial charge >= 0.3 is 0 Å². The normalized spacial score (nSPS) is 33.6. The van der Waals surface area contributed by atoms with Gasteiger partial charge in [-0.3, -0.25) is 0 Å². The average Bonchev–Trinajstić information content (AvgIpc) is 3.33. The van der Waals surface area contributed by atoms with Crippen molar-refractivity contribution in [1.29, 1.82) is 0 Å². The molecule has 3 saturated carbocycles. The summed E-state index contributed by atoms with van der Waals surface area (Å²) < 4.78 is 0. The van der Waals surface area contributed by atoms with Crippen molar-refractivity contribution in [3.8, 4) is 0 Å². The number of hydrogen-bond acceptors (Lipinski definition) is 2. The summed E-state index contributed by atoms with van der Waals surface area (Å²) in [5.41, 5.74) is 0.567. The quantitative estimate of drug-likeness (QED) is 0.693. The molecule has 0 spiro atoms. The van der Waals surface area contributed by atoms with Gasteiger partial charge < -0.3 is 10.2 Å². The van der Waals surface area contributed by atoms with Gasteiger partial charge in [-0.25, -0.2) is 0 Å². The van der Waals surface area contributed by atoms with Gasteiger partial charge in [0.25, 0.3) is 0 Å². The van der Waals surface area contributed by atoms with Gasteiger partial charge in [-0.1, -0.05) is 26.7 Å². The molecule has 2 atom stereocenters. The Labute approximate surface area is 132 Å². The molecule has 0 aromatic rings. The summed E-state index contributed by atoms with van der Waals surface area (Å²) in [4.78, 5) is 2.88. The van der Waals surface area contributed by atoms with Crippen LogP contribution in [0.1, 0.15) is 65.2 Å². The molecule has 3 aliphatic rings. The number of rotatable bonds is 9. The van der Waals surface area contributed by atoms with Crippen LogP contribution < -0.4 is 5.32 Å². The van der Waals surface area contributed by atoms with Crippen molar-refractivity contribution in [1.82, 2.24) is 10.2 Å². The molecule has 0 bridgehead atoms. The van der Waals surface area contributed by atoms with Crippen LogP contribution in [0.15, 0.2) is 0 Å². The third-order valence-corrected chi connectivity index (χ3v) is 5.92. The Kier molecular flexibility index (Phi) is 5.27. The molecular weight excluding hydrogens is 256 g/mol. The first-order valence-electron chi connectivity index (χ1n) is 9.62. The topological polar surface area (TPSA) is 15.3 Å². The summed E-state index contributed by atoms with van der Waals surface area (Å²) in [5.74, 6) is 3.02. The SMILES string of the molecule is CCNCC1(CN(CC2CC2)CC2CC2)CCCC(C)C1. The molecule has 2 heteroatoms. The molecule has 0 aromatic carbocycles. The fraction of sp³-hybridized carbons (Fsp3) is 1.00. The largest absolute Gasteiger partial charge is 0.316 e. The second-order valence-corrected chi connectivity index (χ2v) is 8.56. The molecule has 3 rings (SSSR count). The van der Waals surface area contributed by atoms with E-state index in [4.69, 9.17) is 0 Å². The van der Waals surface area contributed by atoms with Crippen LogP contribution in [0.25, 0.3) is 0 Å². The van der Waals surface area contributed by atoms with Crippen molar-refractivity contribution in [2.24, 2.45) is 23.2 Å². The van der Waals surface area contributed by atoms with Crippen molar-refractivity contribution >= 4 is 0 Å². The Hall–Kier alpha value is -0.0800. The highest BCUT2D eigenvalue weighted by Gasteiger charge is 2.38. The highest BCUT2D eigenvalue weighted by Crippen LogP contribution is 2.41. The van der Waals surface area contributed by atoms with Gasteiger partial charge in [-0.2, -0.15) is 0 Å². The van der Waals surface area contributed by atoms with Gasteiger partial charge in [0.05, 0.1) is 0 Å². The zero-order valence-electron chi connectivity index (χ0n) is 14.4. The third kappa shape index (κ3) is 4.96. The summed E-state index contributed by atoms with van der Waals surface area (Å²) in [5, 5.41) is 3.70. The van der Waals surface area contributed by atoms with E-state index >= 15 is 0 Å². The molecule has 0 radical (unpaired) electrons. The van der Waals surface area contributed by atoms with Crippen LogP contribution >= 0.6 is 0 Å². The maximum Gasteiger partial charge on any atom is 0.00505 e.